The number of para-hydroxylation sites is 1. The lowest BCUT2D eigenvalue weighted by molar-refractivity contribution is 0.276. The Morgan fingerprint density at radius 2 is 2.07 bits per heavy atom. The third-order valence-corrected chi connectivity index (χ3v) is 1.92. The molecule has 0 spiro atoms. The third-order valence-electron chi connectivity index (χ3n) is 1.92. The van der Waals surface area contributed by atoms with Gasteiger partial charge >= 0.3 is 0 Å². The van der Waals surface area contributed by atoms with Gasteiger partial charge in [0.15, 0.2) is 11.5 Å². The van der Waals surface area contributed by atoms with Crippen LogP contribution in [0.25, 0.3) is 0 Å². The highest BCUT2D eigenvalue weighted by atomic mass is 16.5. The van der Waals surface area contributed by atoms with Crippen molar-refractivity contribution in [3.63, 3.8) is 0 Å². The molecule has 1 radical (unpaired) electrons. The summed E-state index contributed by atoms with van der Waals surface area (Å²) in [6.45, 7) is 8.96. The zero-order chi connectivity index (χ0) is 11.1. The molecule has 0 aliphatic heterocycles. The van der Waals surface area contributed by atoms with Crippen molar-refractivity contribution < 1.29 is 9.47 Å². The van der Waals surface area contributed by atoms with E-state index in [1.54, 1.807) is 0 Å². The summed E-state index contributed by atoms with van der Waals surface area (Å²) in [6.07, 6.45) is 3.82. The smallest absolute Gasteiger partial charge is 0.168 e. The van der Waals surface area contributed by atoms with E-state index < -0.39 is 0 Å². The van der Waals surface area contributed by atoms with Crippen LogP contribution in [0.3, 0.4) is 0 Å². The molecule has 1 aromatic rings. The van der Waals surface area contributed by atoms with Gasteiger partial charge in [0.1, 0.15) is 0 Å². The lowest BCUT2D eigenvalue weighted by Gasteiger charge is -2.13. The molecule has 0 saturated heterocycles. The standard InChI is InChI=1S/C13H17O2/c1-4-10-15-12-9-7-8-11(5-2)13(12)14-6-3/h7-9H,2,4,6,10H2,1,3H3. The molecule has 0 aromatic heterocycles. The van der Waals surface area contributed by atoms with E-state index in [9.17, 15) is 0 Å². The first kappa shape index (κ1) is 11.6. The summed E-state index contributed by atoms with van der Waals surface area (Å²) in [5.74, 6) is 1.51. The molecule has 0 atom stereocenters. The summed E-state index contributed by atoms with van der Waals surface area (Å²) in [7, 11) is 0. The lowest BCUT2D eigenvalue weighted by atomic mass is 10.2. The molecule has 0 heterocycles. The average molecular weight is 205 g/mol. The highest BCUT2D eigenvalue weighted by Crippen LogP contribution is 2.31. The van der Waals surface area contributed by atoms with Gasteiger partial charge in [-0.15, -0.1) is 0 Å². The second kappa shape index (κ2) is 6.12. The lowest BCUT2D eigenvalue weighted by Crippen LogP contribution is -2.01. The minimum absolute atomic E-state index is 0.612. The first-order valence-electron chi connectivity index (χ1n) is 5.25. The highest BCUT2D eigenvalue weighted by molar-refractivity contribution is 5.49. The molecule has 0 aliphatic carbocycles. The summed E-state index contributed by atoms with van der Waals surface area (Å²) in [5.41, 5.74) is 0.852. The average Bonchev–Trinajstić information content (AvgIpc) is 2.28. The van der Waals surface area contributed by atoms with Crippen LogP contribution in [0.1, 0.15) is 25.8 Å². The first-order chi connectivity index (χ1) is 7.33. The zero-order valence-electron chi connectivity index (χ0n) is 9.38. The van der Waals surface area contributed by atoms with Gasteiger partial charge in [-0.1, -0.05) is 25.6 Å². The maximum absolute atomic E-state index is 5.59. The van der Waals surface area contributed by atoms with Crippen LogP contribution in [-0.2, 0) is 0 Å². The highest BCUT2D eigenvalue weighted by Gasteiger charge is 2.08. The van der Waals surface area contributed by atoms with Crippen LogP contribution < -0.4 is 9.47 Å². The van der Waals surface area contributed by atoms with Crippen molar-refractivity contribution in [3.05, 3.63) is 36.4 Å². The van der Waals surface area contributed by atoms with Gasteiger partial charge in [0, 0.05) is 5.56 Å². The maximum atomic E-state index is 5.59. The number of hydrogen-bond acceptors (Lipinski definition) is 2. The van der Waals surface area contributed by atoms with Crippen molar-refractivity contribution in [2.45, 2.75) is 20.3 Å². The van der Waals surface area contributed by atoms with E-state index in [0.717, 1.165) is 23.5 Å². The topological polar surface area (TPSA) is 18.5 Å². The van der Waals surface area contributed by atoms with Gasteiger partial charge in [-0.05, 0) is 25.5 Å². The molecule has 0 fully saturated rings. The Morgan fingerprint density at radius 1 is 1.27 bits per heavy atom. The van der Waals surface area contributed by atoms with E-state index in [0.29, 0.717) is 13.2 Å². The minimum atomic E-state index is 0.612. The van der Waals surface area contributed by atoms with Crippen LogP contribution in [-0.4, -0.2) is 13.2 Å². The Morgan fingerprint density at radius 3 is 2.67 bits per heavy atom. The summed E-state index contributed by atoms with van der Waals surface area (Å²) in [4.78, 5) is 0. The quantitative estimate of drug-likeness (QED) is 0.710. The monoisotopic (exact) mass is 205 g/mol. The molecule has 81 valence electrons. The molecule has 0 unspecified atom stereocenters. The van der Waals surface area contributed by atoms with E-state index in [2.05, 4.69) is 19.6 Å². The summed E-state index contributed by atoms with van der Waals surface area (Å²) in [6, 6.07) is 5.74. The molecular weight excluding hydrogens is 188 g/mol. The van der Waals surface area contributed by atoms with Gasteiger partial charge in [-0.3, -0.25) is 0 Å². The van der Waals surface area contributed by atoms with Gasteiger partial charge in [0.25, 0.3) is 0 Å². The van der Waals surface area contributed by atoms with E-state index in [4.69, 9.17) is 9.47 Å². The van der Waals surface area contributed by atoms with Crippen LogP contribution in [0.5, 0.6) is 11.5 Å². The van der Waals surface area contributed by atoms with Crippen LogP contribution in [0.2, 0.25) is 0 Å². The third kappa shape index (κ3) is 3.01. The van der Waals surface area contributed by atoms with Crippen LogP contribution in [0.15, 0.2) is 24.8 Å². The number of hydrogen-bond donors (Lipinski definition) is 0. The molecule has 0 aliphatic rings. The van der Waals surface area contributed by atoms with Crippen molar-refractivity contribution in [1.82, 2.24) is 0 Å². The first-order valence-corrected chi connectivity index (χ1v) is 5.25. The maximum Gasteiger partial charge on any atom is 0.168 e. The predicted octanol–water partition coefficient (Wildman–Crippen LogP) is 3.21. The second-order valence-corrected chi connectivity index (χ2v) is 3.09. The van der Waals surface area contributed by atoms with Crippen molar-refractivity contribution in [2.75, 3.05) is 13.2 Å². The van der Waals surface area contributed by atoms with Gasteiger partial charge in [-0.2, -0.15) is 0 Å². The normalized spacial score (nSPS) is 9.73. The van der Waals surface area contributed by atoms with Gasteiger partial charge in [-0.25, -0.2) is 0 Å². The van der Waals surface area contributed by atoms with Crippen molar-refractivity contribution in [1.29, 1.82) is 0 Å². The second-order valence-electron chi connectivity index (χ2n) is 3.09. The Kier molecular flexibility index (Phi) is 4.75. The molecule has 15 heavy (non-hydrogen) atoms. The molecule has 0 amide bonds. The molecule has 1 rings (SSSR count). The largest absolute Gasteiger partial charge is 0.490 e. The van der Waals surface area contributed by atoms with Gasteiger partial charge in [0.05, 0.1) is 13.2 Å². The van der Waals surface area contributed by atoms with E-state index in [1.807, 2.05) is 25.1 Å². The Hall–Kier alpha value is -1.44. The molecular formula is C13H17O2. The van der Waals surface area contributed by atoms with Crippen molar-refractivity contribution >= 4 is 0 Å². The molecule has 2 nitrogen and oxygen atoms in total. The Balaban J connectivity index is 2.95. The molecule has 1 aromatic carbocycles. The van der Waals surface area contributed by atoms with Gasteiger partial charge in [0.2, 0.25) is 0 Å². The van der Waals surface area contributed by atoms with E-state index >= 15 is 0 Å². The van der Waals surface area contributed by atoms with E-state index in [1.165, 1.54) is 0 Å². The SMILES string of the molecule is C=[C]c1cccc(OCCC)c1OCC. The van der Waals surface area contributed by atoms with Crippen molar-refractivity contribution in [3.8, 4) is 11.5 Å². The summed E-state index contributed by atoms with van der Waals surface area (Å²) >= 11 is 0. The summed E-state index contributed by atoms with van der Waals surface area (Å²) in [5, 5.41) is 0. The molecule has 2 heteroatoms. The minimum Gasteiger partial charge on any atom is -0.490 e. The molecule has 0 saturated carbocycles. The fraction of sp³-hybridized carbons (Fsp3) is 0.385. The van der Waals surface area contributed by atoms with Crippen LogP contribution in [0, 0.1) is 6.08 Å². The van der Waals surface area contributed by atoms with Crippen molar-refractivity contribution in [2.24, 2.45) is 0 Å². The number of ether oxygens (including phenoxy) is 2. The van der Waals surface area contributed by atoms with Crippen LogP contribution in [0.4, 0.5) is 0 Å². The zero-order valence-corrected chi connectivity index (χ0v) is 9.38. The number of rotatable bonds is 6. The Bertz CT molecular complexity index is 318. The fourth-order valence-corrected chi connectivity index (χ4v) is 1.27. The van der Waals surface area contributed by atoms with Crippen LogP contribution >= 0.6 is 0 Å². The number of benzene rings is 1. The summed E-state index contributed by atoms with van der Waals surface area (Å²) < 4.78 is 11.1. The Labute approximate surface area is 91.5 Å². The molecule has 0 N–H and O–H groups in total. The van der Waals surface area contributed by atoms with Gasteiger partial charge < -0.3 is 9.47 Å². The predicted molar refractivity (Wildman–Crippen MR) is 61.4 cm³/mol. The van der Waals surface area contributed by atoms with E-state index in [-0.39, 0.29) is 0 Å². The molecule has 0 bridgehead atoms. The fourth-order valence-electron chi connectivity index (χ4n) is 1.27.